The van der Waals surface area contributed by atoms with Gasteiger partial charge in [0.15, 0.2) is 0 Å². The normalized spacial score (nSPS) is 35.9. The number of fused-ring (bicyclic) bond motifs is 4. The van der Waals surface area contributed by atoms with Crippen molar-refractivity contribution in [3.8, 4) is 0 Å². The van der Waals surface area contributed by atoms with Gasteiger partial charge in [0.25, 0.3) is 0 Å². The maximum absolute atomic E-state index is 11.8. The molecule has 136 valence electrons. The fourth-order valence-corrected chi connectivity index (χ4v) is 4.20. The third-order valence-electron chi connectivity index (χ3n) is 5.50. The van der Waals surface area contributed by atoms with E-state index in [0.29, 0.717) is 18.5 Å². The van der Waals surface area contributed by atoms with Crippen LogP contribution >= 0.6 is 0 Å². The summed E-state index contributed by atoms with van der Waals surface area (Å²) in [6.45, 7) is 2.81. The van der Waals surface area contributed by atoms with Crippen LogP contribution in [0.15, 0.2) is 18.3 Å². The van der Waals surface area contributed by atoms with Crippen molar-refractivity contribution >= 4 is 6.09 Å². The molecule has 2 fully saturated rings. The first-order valence-electron chi connectivity index (χ1n) is 9.21. The lowest BCUT2D eigenvalue weighted by Gasteiger charge is -2.34. The Morgan fingerprint density at radius 3 is 3.08 bits per heavy atom. The molecule has 25 heavy (non-hydrogen) atoms. The highest BCUT2D eigenvalue weighted by Gasteiger charge is 2.41. The van der Waals surface area contributed by atoms with Crippen LogP contribution in [0.25, 0.3) is 0 Å². The van der Waals surface area contributed by atoms with Crippen LogP contribution in [0.4, 0.5) is 4.79 Å². The number of alkyl carbamates (subject to hydrolysis) is 1. The topological polar surface area (TPSA) is 84.5 Å². The van der Waals surface area contributed by atoms with Crippen LogP contribution in [0.2, 0.25) is 0 Å². The maximum Gasteiger partial charge on any atom is 0.407 e. The number of carbonyl (C=O) groups is 1. The average molecular weight is 346 g/mol. The van der Waals surface area contributed by atoms with Crippen LogP contribution in [-0.4, -0.2) is 35.9 Å². The number of pyridine rings is 1. The molecular formula is C18H26N4O3. The molecule has 0 spiro atoms. The average Bonchev–Trinajstić information content (AvgIpc) is 3.03. The molecule has 0 radical (unpaired) electrons. The van der Waals surface area contributed by atoms with Crippen LogP contribution in [0.3, 0.4) is 0 Å². The molecule has 3 N–H and O–H groups in total. The first-order chi connectivity index (χ1) is 12.2. The number of hydrogen-bond acceptors (Lipinski definition) is 6. The van der Waals surface area contributed by atoms with Crippen molar-refractivity contribution in [2.45, 2.75) is 63.5 Å². The number of nitrogens with one attached hydrogen (secondary N) is 3. The van der Waals surface area contributed by atoms with Crippen molar-refractivity contribution in [1.82, 2.24) is 21.2 Å². The Hall–Kier alpha value is -1.70. The molecule has 4 unspecified atom stereocenters. The summed E-state index contributed by atoms with van der Waals surface area (Å²) < 4.78 is 11.5. The summed E-state index contributed by atoms with van der Waals surface area (Å²) in [6.07, 6.45) is 5.79. The summed E-state index contributed by atoms with van der Waals surface area (Å²) in [5.41, 5.74) is 8.85. The summed E-state index contributed by atoms with van der Waals surface area (Å²) in [5, 5.41) is 2.78. The van der Waals surface area contributed by atoms with E-state index in [4.69, 9.17) is 9.47 Å². The van der Waals surface area contributed by atoms with E-state index in [0.717, 1.165) is 31.4 Å². The molecule has 7 nitrogen and oxygen atoms in total. The van der Waals surface area contributed by atoms with Gasteiger partial charge < -0.3 is 14.8 Å². The zero-order valence-corrected chi connectivity index (χ0v) is 14.5. The fraction of sp³-hybridized carbons (Fsp3) is 0.667. The summed E-state index contributed by atoms with van der Waals surface area (Å²) >= 11 is 0. The van der Waals surface area contributed by atoms with Gasteiger partial charge >= 0.3 is 6.09 Å². The molecule has 1 amide bonds. The lowest BCUT2D eigenvalue weighted by Crippen LogP contribution is -2.38. The number of nitrogens with zero attached hydrogens (tertiary/aromatic N) is 1. The number of hydrogen-bond donors (Lipinski definition) is 3. The van der Waals surface area contributed by atoms with Gasteiger partial charge in [0, 0.05) is 18.8 Å². The number of hydrazine groups is 1. The Labute approximate surface area is 147 Å². The highest BCUT2D eigenvalue weighted by atomic mass is 16.5. The van der Waals surface area contributed by atoms with E-state index in [9.17, 15) is 4.79 Å². The van der Waals surface area contributed by atoms with E-state index < -0.39 is 6.09 Å². The molecule has 3 heterocycles. The van der Waals surface area contributed by atoms with E-state index in [1.807, 2.05) is 12.1 Å². The fourth-order valence-electron chi connectivity index (χ4n) is 4.20. The van der Waals surface area contributed by atoms with Crippen molar-refractivity contribution in [2.24, 2.45) is 5.92 Å². The lowest BCUT2D eigenvalue weighted by molar-refractivity contribution is -0.0380. The molecular weight excluding hydrogens is 320 g/mol. The second kappa shape index (κ2) is 7.27. The third kappa shape index (κ3) is 3.78. The first-order valence-corrected chi connectivity index (χ1v) is 9.21. The molecule has 4 bridgehead atoms. The quantitative estimate of drug-likeness (QED) is 0.664. The van der Waals surface area contributed by atoms with Gasteiger partial charge in [-0.1, -0.05) is 0 Å². The van der Waals surface area contributed by atoms with E-state index in [1.165, 1.54) is 5.56 Å². The second-order valence-electron chi connectivity index (χ2n) is 7.29. The number of carbonyl (C=O) groups excluding carboxylic acids is 1. The van der Waals surface area contributed by atoms with Gasteiger partial charge in [0.1, 0.15) is 6.61 Å². The summed E-state index contributed by atoms with van der Waals surface area (Å²) in [7, 11) is 0. The summed E-state index contributed by atoms with van der Waals surface area (Å²) in [4.78, 5) is 16.1. The Bertz CT molecular complexity index is 626. The van der Waals surface area contributed by atoms with Gasteiger partial charge in [0.2, 0.25) is 0 Å². The number of aromatic nitrogens is 1. The van der Waals surface area contributed by atoms with E-state index in [1.54, 1.807) is 6.20 Å². The first kappa shape index (κ1) is 16.8. The van der Waals surface area contributed by atoms with Crippen molar-refractivity contribution in [1.29, 1.82) is 0 Å². The van der Waals surface area contributed by atoms with Crippen LogP contribution in [0, 0.1) is 5.92 Å². The van der Waals surface area contributed by atoms with Gasteiger partial charge in [-0.05, 0) is 56.2 Å². The molecule has 0 aromatic carbocycles. The Kier molecular flexibility index (Phi) is 4.87. The van der Waals surface area contributed by atoms with Gasteiger partial charge in [-0.3, -0.25) is 10.4 Å². The van der Waals surface area contributed by atoms with Crippen molar-refractivity contribution in [3.63, 3.8) is 0 Å². The molecule has 3 aliphatic rings. The summed E-state index contributed by atoms with van der Waals surface area (Å²) in [6, 6.07) is 4.78. The predicted molar refractivity (Wildman–Crippen MR) is 91.5 cm³/mol. The zero-order chi connectivity index (χ0) is 17.2. The minimum absolute atomic E-state index is 0.121. The smallest absolute Gasteiger partial charge is 0.407 e. The van der Waals surface area contributed by atoms with Crippen molar-refractivity contribution < 1.29 is 14.3 Å². The van der Waals surface area contributed by atoms with E-state index >= 15 is 0 Å². The van der Waals surface area contributed by atoms with Crippen molar-refractivity contribution in [2.75, 3.05) is 6.54 Å². The zero-order valence-electron chi connectivity index (χ0n) is 14.5. The van der Waals surface area contributed by atoms with Gasteiger partial charge in [0.05, 0.1) is 23.9 Å². The molecule has 1 saturated heterocycles. The van der Waals surface area contributed by atoms with Crippen LogP contribution < -0.4 is 16.2 Å². The van der Waals surface area contributed by atoms with Gasteiger partial charge in [-0.25, -0.2) is 10.2 Å². The number of rotatable bonds is 0. The molecule has 5 atom stereocenters. The van der Waals surface area contributed by atoms with Crippen molar-refractivity contribution in [3.05, 3.63) is 29.6 Å². The Balaban J connectivity index is 1.58. The van der Waals surface area contributed by atoms with Crippen LogP contribution in [0.1, 0.15) is 49.9 Å². The van der Waals surface area contributed by atoms with Gasteiger partial charge in [-0.2, -0.15) is 0 Å². The Morgan fingerprint density at radius 2 is 2.16 bits per heavy atom. The van der Waals surface area contributed by atoms with E-state index in [2.05, 4.69) is 28.1 Å². The monoisotopic (exact) mass is 346 g/mol. The Morgan fingerprint density at radius 1 is 1.24 bits per heavy atom. The van der Waals surface area contributed by atoms with E-state index in [-0.39, 0.29) is 24.9 Å². The molecule has 1 aliphatic carbocycles. The largest absolute Gasteiger partial charge is 0.443 e. The van der Waals surface area contributed by atoms with Gasteiger partial charge in [-0.15, -0.1) is 0 Å². The second-order valence-corrected chi connectivity index (χ2v) is 7.29. The molecule has 1 aromatic rings. The lowest BCUT2D eigenvalue weighted by atomic mass is 9.78. The molecule has 1 aromatic heterocycles. The molecule has 4 rings (SSSR count). The molecule has 1 saturated carbocycles. The third-order valence-corrected chi connectivity index (χ3v) is 5.50. The highest BCUT2D eigenvalue weighted by Crippen LogP contribution is 2.39. The maximum atomic E-state index is 11.8. The standard InChI is InChI=1S/C18H26N4O3/c1-11-4-6-20-18(23)24-10-13-8-12(5-7-19-13)17-15-9-14(25-11)2-3-16(15)21-22-17/h5,7-8,11,14-17,21-22H,2-4,6,9-10H2,1H3,(H,20,23)/t11-,14?,15?,16?,17?/m1/s1. The number of amides is 1. The predicted octanol–water partition coefficient (Wildman–Crippen LogP) is 1.80. The summed E-state index contributed by atoms with van der Waals surface area (Å²) in [5.74, 6) is 0.493. The SMILES string of the molecule is C[C@@H]1CCNC(=O)OCc2cc(ccn2)C2NNC3CCC(CC32)O1. The minimum atomic E-state index is -0.409. The van der Waals surface area contributed by atoms with Crippen LogP contribution in [-0.2, 0) is 16.1 Å². The van der Waals surface area contributed by atoms with Crippen LogP contribution in [0.5, 0.6) is 0 Å². The number of ether oxygens (including phenoxy) is 2. The number of cyclic esters (lactones) is 1. The molecule has 2 aliphatic heterocycles. The highest BCUT2D eigenvalue weighted by molar-refractivity contribution is 5.67. The minimum Gasteiger partial charge on any atom is -0.443 e. The molecule has 7 heteroatoms.